The number of anilines is 1. The van der Waals surface area contributed by atoms with E-state index < -0.39 is 0 Å². The molecule has 0 aliphatic carbocycles. The van der Waals surface area contributed by atoms with Gasteiger partial charge < -0.3 is 10.2 Å². The van der Waals surface area contributed by atoms with Gasteiger partial charge in [-0.3, -0.25) is 4.98 Å². The van der Waals surface area contributed by atoms with E-state index in [4.69, 9.17) is 0 Å². The molecule has 5 heteroatoms. The van der Waals surface area contributed by atoms with Crippen LogP contribution in [0.3, 0.4) is 0 Å². The lowest BCUT2D eigenvalue weighted by molar-refractivity contribution is 0.547. The van der Waals surface area contributed by atoms with E-state index in [0.29, 0.717) is 5.92 Å². The quantitative estimate of drug-likeness (QED) is 0.781. The lowest BCUT2D eigenvalue weighted by Gasteiger charge is -2.17. The number of rotatable bonds is 8. The number of thioether (sulfide) groups is 1. The summed E-state index contributed by atoms with van der Waals surface area (Å²) in [5, 5.41) is 3.39. The molecule has 0 aliphatic rings. The zero-order chi connectivity index (χ0) is 13.4. The summed E-state index contributed by atoms with van der Waals surface area (Å²) in [6.07, 6.45) is 5.78. The molecule has 1 aromatic heterocycles. The van der Waals surface area contributed by atoms with Crippen molar-refractivity contribution in [3.63, 3.8) is 0 Å². The van der Waals surface area contributed by atoms with Gasteiger partial charge in [-0.25, -0.2) is 4.98 Å². The first-order valence-corrected chi connectivity index (χ1v) is 7.74. The highest BCUT2D eigenvalue weighted by molar-refractivity contribution is 7.98. The molecule has 0 spiro atoms. The van der Waals surface area contributed by atoms with Crippen LogP contribution in [0.1, 0.15) is 19.5 Å². The van der Waals surface area contributed by atoms with Crippen molar-refractivity contribution in [3.05, 3.63) is 18.1 Å². The molecule has 1 aromatic rings. The number of hydrogen-bond acceptors (Lipinski definition) is 5. The normalized spacial score (nSPS) is 10.9. The second kappa shape index (κ2) is 8.32. The van der Waals surface area contributed by atoms with Crippen LogP contribution < -0.4 is 10.2 Å². The minimum atomic E-state index is 0.658. The van der Waals surface area contributed by atoms with Gasteiger partial charge in [0.15, 0.2) is 0 Å². The monoisotopic (exact) mass is 268 g/mol. The topological polar surface area (TPSA) is 41.1 Å². The highest BCUT2D eigenvalue weighted by Crippen LogP contribution is 2.08. The predicted molar refractivity (Wildman–Crippen MR) is 80.2 cm³/mol. The Hall–Kier alpha value is -0.810. The molecule has 0 bridgehead atoms. The third-order valence-corrected chi connectivity index (χ3v) is 3.14. The van der Waals surface area contributed by atoms with Crippen LogP contribution in [0.2, 0.25) is 0 Å². The third-order valence-electron chi connectivity index (χ3n) is 2.55. The number of nitrogens with zero attached hydrogens (tertiary/aromatic N) is 3. The van der Waals surface area contributed by atoms with Crippen molar-refractivity contribution in [1.82, 2.24) is 15.3 Å². The summed E-state index contributed by atoms with van der Waals surface area (Å²) in [4.78, 5) is 11.0. The molecule has 1 N–H and O–H groups in total. The summed E-state index contributed by atoms with van der Waals surface area (Å²) in [6, 6.07) is 0. The molecule has 0 fully saturated rings. The van der Waals surface area contributed by atoms with Gasteiger partial charge in [0.25, 0.3) is 0 Å². The SMILES string of the molecule is CSCCN(C)c1cncc(CNCC(C)C)n1. The Balaban J connectivity index is 2.50. The number of nitrogens with one attached hydrogen (secondary N) is 1. The van der Waals surface area contributed by atoms with Gasteiger partial charge in [0.2, 0.25) is 0 Å². The second-order valence-electron chi connectivity index (χ2n) is 4.81. The van der Waals surface area contributed by atoms with Crippen LogP contribution in [-0.4, -0.2) is 42.1 Å². The van der Waals surface area contributed by atoms with Crippen molar-refractivity contribution in [2.75, 3.05) is 37.0 Å². The van der Waals surface area contributed by atoms with Gasteiger partial charge in [-0.15, -0.1) is 0 Å². The van der Waals surface area contributed by atoms with Gasteiger partial charge in [-0.05, 0) is 18.7 Å². The largest absolute Gasteiger partial charge is 0.358 e. The van der Waals surface area contributed by atoms with Crippen molar-refractivity contribution in [2.45, 2.75) is 20.4 Å². The van der Waals surface area contributed by atoms with E-state index >= 15 is 0 Å². The van der Waals surface area contributed by atoms with Gasteiger partial charge in [-0.1, -0.05) is 13.8 Å². The van der Waals surface area contributed by atoms with E-state index in [1.54, 1.807) is 0 Å². The number of aromatic nitrogens is 2. The maximum Gasteiger partial charge on any atom is 0.147 e. The van der Waals surface area contributed by atoms with Crippen LogP contribution in [0.15, 0.2) is 12.4 Å². The predicted octanol–water partition coefficient (Wildman–Crippen LogP) is 2.02. The van der Waals surface area contributed by atoms with E-state index in [1.807, 2.05) is 24.2 Å². The molecule has 102 valence electrons. The summed E-state index contributed by atoms with van der Waals surface area (Å²) in [5.41, 5.74) is 1.00. The maximum absolute atomic E-state index is 4.61. The molecular weight excluding hydrogens is 244 g/mol. The average molecular weight is 268 g/mol. The Morgan fingerprint density at radius 3 is 2.83 bits per heavy atom. The van der Waals surface area contributed by atoms with Gasteiger partial charge >= 0.3 is 0 Å². The fourth-order valence-corrected chi connectivity index (χ4v) is 1.95. The standard InChI is InChI=1S/C13H24N4S/c1-11(2)7-14-8-12-9-15-10-13(16-12)17(3)5-6-18-4/h9-11,14H,5-8H2,1-4H3. The fourth-order valence-electron chi connectivity index (χ4n) is 1.50. The fraction of sp³-hybridized carbons (Fsp3) is 0.692. The number of hydrogen-bond donors (Lipinski definition) is 1. The molecule has 0 unspecified atom stereocenters. The Kier molecular flexibility index (Phi) is 7.05. The van der Waals surface area contributed by atoms with Crippen molar-refractivity contribution >= 4 is 17.6 Å². The third kappa shape index (κ3) is 5.69. The lowest BCUT2D eigenvalue weighted by Crippen LogP contribution is -2.23. The average Bonchev–Trinajstić information content (AvgIpc) is 2.36. The minimum absolute atomic E-state index is 0.658. The van der Waals surface area contributed by atoms with E-state index in [1.165, 1.54) is 0 Å². The molecule has 0 saturated heterocycles. The molecule has 0 amide bonds. The van der Waals surface area contributed by atoms with Crippen LogP contribution >= 0.6 is 11.8 Å². The smallest absolute Gasteiger partial charge is 0.147 e. The summed E-state index contributed by atoms with van der Waals surface area (Å²) >= 11 is 1.84. The minimum Gasteiger partial charge on any atom is -0.358 e. The van der Waals surface area contributed by atoms with E-state index in [9.17, 15) is 0 Å². The molecule has 0 aromatic carbocycles. The van der Waals surface area contributed by atoms with Gasteiger partial charge in [0.05, 0.1) is 11.9 Å². The Morgan fingerprint density at radius 1 is 1.39 bits per heavy atom. The molecule has 18 heavy (non-hydrogen) atoms. The molecular formula is C13H24N4S. The first-order valence-electron chi connectivity index (χ1n) is 6.35. The van der Waals surface area contributed by atoms with E-state index in [0.717, 1.165) is 36.9 Å². The van der Waals surface area contributed by atoms with Crippen LogP contribution in [0.5, 0.6) is 0 Å². The summed E-state index contributed by atoms with van der Waals surface area (Å²) in [6.45, 7) is 7.19. The van der Waals surface area contributed by atoms with Gasteiger partial charge in [0.1, 0.15) is 5.82 Å². The Labute approximate surface area is 115 Å². The Morgan fingerprint density at radius 2 is 2.17 bits per heavy atom. The molecule has 0 saturated carbocycles. The highest BCUT2D eigenvalue weighted by Gasteiger charge is 2.04. The van der Waals surface area contributed by atoms with Gasteiger partial charge in [0, 0.05) is 32.1 Å². The highest BCUT2D eigenvalue weighted by atomic mass is 32.2. The first-order chi connectivity index (χ1) is 8.63. The van der Waals surface area contributed by atoms with Crippen LogP contribution in [0.4, 0.5) is 5.82 Å². The summed E-state index contributed by atoms with van der Waals surface area (Å²) < 4.78 is 0. The molecule has 1 heterocycles. The zero-order valence-electron chi connectivity index (χ0n) is 11.8. The van der Waals surface area contributed by atoms with Crippen LogP contribution in [0.25, 0.3) is 0 Å². The van der Waals surface area contributed by atoms with Crippen LogP contribution in [-0.2, 0) is 6.54 Å². The van der Waals surface area contributed by atoms with Crippen LogP contribution in [0, 0.1) is 5.92 Å². The van der Waals surface area contributed by atoms with E-state index in [-0.39, 0.29) is 0 Å². The van der Waals surface area contributed by atoms with E-state index in [2.05, 4.69) is 47.3 Å². The molecule has 0 atom stereocenters. The van der Waals surface area contributed by atoms with Crippen molar-refractivity contribution in [3.8, 4) is 0 Å². The lowest BCUT2D eigenvalue weighted by atomic mass is 10.2. The zero-order valence-corrected chi connectivity index (χ0v) is 12.6. The first kappa shape index (κ1) is 15.2. The molecule has 0 radical (unpaired) electrons. The summed E-state index contributed by atoms with van der Waals surface area (Å²) in [7, 11) is 2.06. The van der Waals surface area contributed by atoms with Crippen molar-refractivity contribution < 1.29 is 0 Å². The van der Waals surface area contributed by atoms with Gasteiger partial charge in [-0.2, -0.15) is 11.8 Å². The molecule has 4 nitrogen and oxygen atoms in total. The Bertz CT molecular complexity index is 344. The molecule has 1 rings (SSSR count). The maximum atomic E-state index is 4.61. The van der Waals surface area contributed by atoms with Crippen molar-refractivity contribution in [1.29, 1.82) is 0 Å². The van der Waals surface area contributed by atoms with Crippen molar-refractivity contribution in [2.24, 2.45) is 5.92 Å². The summed E-state index contributed by atoms with van der Waals surface area (Å²) in [5.74, 6) is 2.71. The molecule has 0 aliphatic heterocycles. The second-order valence-corrected chi connectivity index (χ2v) is 5.79.